The Morgan fingerprint density at radius 2 is 1.78 bits per heavy atom. The molecule has 164 valence electrons. The van der Waals surface area contributed by atoms with Gasteiger partial charge in [-0.15, -0.1) is 5.10 Å². The van der Waals surface area contributed by atoms with Crippen molar-refractivity contribution in [2.45, 2.75) is 32.7 Å². The summed E-state index contributed by atoms with van der Waals surface area (Å²) >= 11 is 18.8. The lowest BCUT2D eigenvalue weighted by atomic mass is 10.0. The van der Waals surface area contributed by atoms with Crippen molar-refractivity contribution in [2.24, 2.45) is 0 Å². The van der Waals surface area contributed by atoms with Crippen molar-refractivity contribution >= 4 is 51.7 Å². The molecule has 0 atom stereocenters. The first kappa shape index (κ1) is 22.5. The van der Waals surface area contributed by atoms with Gasteiger partial charge >= 0.3 is 0 Å². The zero-order valence-corrected chi connectivity index (χ0v) is 19.3. The van der Waals surface area contributed by atoms with Crippen molar-refractivity contribution < 1.29 is 4.79 Å². The normalized spacial score (nSPS) is 11.2. The van der Waals surface area contributed by atoms with Crippen LogP contribution in [0.1, 0.15) is 47.1 Å². The highest BCUT2D eigenvalue weighted by Crippen LogP contribution is 2.30. The number of carbonyl (C=O) groups excluding carboxylic acids is 1. The molecule has 0 unspecified atom stereocenters. The van der Waals surface area contributed by atoms with Gasteiger partial charge in [-0.3, -0.25) is 9.59 Å². The monoisotopic (exact) mass is 489 g/mol. The molecule has 0 amide bonds. The summed E-state index contributed by atoms with van der Waals surface area (Å²) in [5.41, 5.74) is 1.55. The Hall–Kier alpha value is -2.74. The average molecular weight is 491 g/mol. The second-order valence-electron chi connectivity index (χ2n) is 7.31. The number of nitrogens with zero attached hydrogens (tertiary/aromatic N) is 4. The topological polar surface area (TPSA) is 93.5 Å². The molecule has 2 aromatic heterocycles. The number of unbranched alkanes of at least 4 members (excludes halogenated alkanes) is 1. The first-order chi connectivity index (χ1) is 15.4. The van der Waals surface area contributed by atoms with Gasteiger partial charge in [0, 0.05) is 17.0 Å². The Bertz CT molecular complexity index is 1340. The van der Waals surface area contributed by atoms with Gasteiger partial charge in [0.2, 0.25) is 0 Å². The van der Waals surface area contributed by atoms with E-state index in [2.05, 4.69) is 27.2 Å². The number of benzene rings is 2. The predicted molar refractivity (Wildman–Crippen MR) is 125 cm³/mol. The van der Waals surface area contributed by atoms with Crippen molar-refractivity contribution in [3.8, 4) is 0 Å². The van der Waals surface area contributed by atoms with E-state index in [-0.39, 0.29) is 39.0 Å². The van der Waals surface area contributed by atoms with Crippen molar-refractivity contribution in [1.82, 2.24) is 25.0 Å². The van der Waals surface area contributed by atoms with E-state index >= 15 is 0 Å². The molecule has 4 rings (SSSR count). The van der Waals surface area contributed by atoms with Crippen LogP contribution in [0.15, 0.2) is 41.2 Å². The van der Waals surface area contributed by atoms with E-state index in [1.54, 1.807) is 36.4 Å². The number of hydrogen-bond acceptors (Lipinski definition) is 5. The molecular weight excluding hydrogens is 473 g/mol. The van der Waals surface area contributed by atoms with Crippen molar-refractivity contribution in [1.29, 1.82) is 0 Å². The third-order valence-corrected chi connectivity index (χ3v) is 5.81. The van der Waals surface area contributed by atoms with Crippen LogP contribution in [0, 0.1) is 0 Å². The second-order valence-corrected chi connectivity index (χ2v) is 8.56. The van der Waals surface area contributed by atoms with Crippen LogP contribution in [0.2, 0.25) is 15.1 Å². The molecule has 7 nitrogen and oxygen atoms in total. The number of nitrogens with one attached hydrogen (secondary N) is 1. The fraction of sp³-hybridized carbons (Fsp3) is 0.227. The molecule has 0 radical (unpaired) electrons. The Morgan fingerprint density at radius 1 is 1.09 bits per heavy atom. The fourth-order valence-electron chi connectivity index (χ4n) is 3.33. The quantitative estimate of drug-likeness (QED) is 0.364. The van der Waals surface area contributed by atoms with Gasteiger partial charge in [-0.2, -0.15) is 0 Å². The van der Waals surface area contributed by atoms with Crippen LogP contribution in [0.5, 0.6) is 0 Å². The second kappa shape index (κ2) is 9.40. The van der Waals surface area contributed by atoms with Crippen LogP contribution in [0.4, 0.5) is 0 Å². The summed E-state index contributed by atoms with van der Waals surface area (Å²) in [6.45, 7) is 2.30. The van der Waals surface area contributed by atoms with E-state index in [1.165, 1.54) is 4.68 Å². The van der Waals surface area contributed by atoms with E-state index in [1.807, 2.05) is 0 Å². The lowest BCUT2D eigenvalue weighted by Crippen LogP contribution is -2.13. The van der Waals surface area contributed by atoms with Crippen LogP contribution in [-0.2, 0) is 13.0 Å². The number of fused-ring (bicyclic) bond motifs is 1. The summed E-state index contributed by atoms with van der Waals surface area (Å²) < 4.78 is 1.52. The van der Waals surface area contributed by atoms with Crippen LogP contribution in [0.3, 0.4) is 0 Å². The maximum atomic E-state index is 12.9. The van der Waals surface area contributed by atoms with Gasteiger partial charge in [0.25, 0.3) is 5.56 Å². The molecule has 2 heterocycles. The number of H-pyrrole nitrogens is 1. The van der Waals surface area contributed by atoms with Gasteiger partial charge < -0.3 is 4.98 Å². The molecule has 0 aliphatic carbocycles. The largest absolute Gasteiger partial charge is 0.308 e. The van der Waals surface area contributed by atoms with Crippen molar-refractivity contribution in [3.63, 3.8) is 0 Å². The number of aromatic amines is 1. The Balaban J connectivity index is 1.66. The van der Waals surface area contributed by atoms with Gasteiger partial charge in [0.1, 0.15) is 5.82 Å². The number of aromatic nitrogens is 5. The first-order valence-corrected chi connectivity index (χ1v) is 11.1. The number of carbonyl (C=O) groups is 1. The van der Waals surface area contributed by atoms with Crippen molar-refractivity contribution in [2.75, 3.05) is 0 Å². The maximum Gasteiger partial charge on any atom is 0.281 e. The molecule has 0 aliphatic rings. The lowest BCUT2D eigenvalue weighted by Gasteiger charge is -2.10. The SMILES string of the molecule is CCCCc1nc2c(nnn2Cc2cc(Cl)c(C(=O)c3ccc(Cl)cc3)c(Cl)c2)c(=O)[nH]1. The maximum absolute atomic E-state index is 12.9. The van der Waals surface area contributed by atoms with E-state index in [4.69, 9.17) is 34.8 Å². The molecule has 0 spiro atoms. The Kier molecular flexibility index (Phi) is 6.60. The molecule has 0 aliphatic heterocycles. The van der Waals surface area contributed by atoms with Crippen LogP contribution < -0.4 is 5.56 Å². The zero-order valence-electron chi connectivity index (χ0n) is 17.0. The third kappa shape index (κ3) is 4.55. The molecule has 1 N–H and O–H groups in total. The summed E-state index contributed by atoms with van der Waals surface area (Å²) in [7, 11) is 0. The van der Waals surface area contributed by atoms with Crippen LogP contribution in [-0.4, -0.2) is 30.7 Å². The summed E-state index contributed by atoms with van der Waals surface area (Å²) in [5, 5.41) is 8.97. The summed E-state index contributed by atoms with van der Waals surface area (Å²) in [6.07, 6.45) is 2.55. The summed E-state index contributed by atoms with van der Waals surface area (Å²) in [6, 6.07) is 9.79. The molecule has 10 heteroatoms. The van der Waals surface area contributed by atoms with Gasteiger partial charge in [0.05, 0.1) is 22.2 Å². The molecule has 0 saturated heterocycles. The van der Waals surface area contributed by atoms with E-state index in [0.29, 0.717) is 34.0 Å². The van der Waals surface area contributed by atoms with Crippen LogP contribution in [0.25, 0.3) is 11.2 Å². The molecule has 4 aromatic rings. The standard InChI is InChI=1S/C22H18Cl3N5O2/c1-2-3-4-17-26-21-19(22(32)27-17)28-29-30(21)11-12-9-15(24)18(16(25)10-12)20(31)13-5-7-14(23)8-6-13/h5-10H,2-4,11H2,1H3,(H,26,27,32). The van der Waals surface area contributed by atoms with Gasteiger partial charge in [-0.25, -0.2) is 9.67 Å². The van der Waals surface area contributed by atoms with Gasteiger partial charge in [-0.05, 0) is 48.4 Å². The molecular formula is C22H18Cl3N5O2. The minimum absolute atomic E-state index is 0.164. The highest BCUT2D eigenvalue weighted by atomic mass is 35.5. The minimum Gasteiger partial charge on any atom is -0.308 e. The molecule has 0 bridgehead atoms. The smallest absolute Gasteiger partial charge is 0.281 e. The number of hydrogen-bond donors (Lipinski definition) is 1. The highest BCUT2D eigenvalue weighted by Gasteiger charge is 2.19. The number of aryl methyl sites for hydroxylation is 1. The molecule has 0 saturated carbocycles. The van der Waals surface area contributed by atoms with Gasteiger partial charge in [-0.1, -0.05) is 53.4 Å². The fourth-order valence-corrected chi connectivity index (χ4v) is 4.16. The van der Waals surface area contributed by atoms with Crippen molar-refractivity contribution in [3.05, 3.63) is 84.3 Å². The minimum atomic E-state index is -0.327. The van der Waals surface area contributed by atoms with E-state index in [0.717, 1.165) is 12.8 Å². The Morgan fingerprint density at radius 3 is 2.44 bits per heavy atom. The molecule has 0 fully saturated rings. The number of rotatable bonds is 7. The third-order valence-electron chi connectivity index (χ3n) is 4.96. The van der Waals surface area contributed by atoms with Crippen LogP contribution >= 0.6 is 34.8 Å². The first-order valence-electron chi connectivity index (χ1n) is 9.98. The molecule has 2 aromatic carbocycles. The molecule has 32 heavy (non-hydrogen) atoms. The van der Waals surface area contributed by atoms with Gasteiger partial charge in [0.15, 0.2) is 16.9 Å². The summed E-state index contributed by atoms with van der Waals surface area (Å²) in [4.78, 5) is 32.5. The lowest BCUT2D eigenvalue weighted by molar-refractivity contribution is 0.103. The predicted octanol–water partition coefficient (Wildman–Crippen LogP) is 5.10. The highest BCUT2D eigenvalue weighted by molar-refractivity contribution is 6.41. The Labute approximate surface area is 198 Å². The number of ketones is 1. The number of halogens is 3. The van der Waals surface area contributed by atoms with E-state index < -0.39 is 0 Å². The zero-order chi connectivity index (χ0) is 22.8. The summed E-state index contributed by atoms with van der Waals surface area (Å²) in [5.74, 6) is 0.288. The average Bonchev–Trinajstić information content (AvgIpc) is 3.15. The van der Waals surface area contributed by atoms with E-state index in [9.17, 15) is 9.59 Å².